The molecule has 0 saturated carbocycles. The Balaban J connectivity index is 2.08. The number of hydrogen-bond acceptors (Lipinski definition) is 6. The second-order valence-electron chi connectivity index (χ2n) is 4.63. The van der Waals surface area contributed by atoms with Crippen LogP contribution in [0.1, 0.15) is 0 Å². The van der Waals surface area contributed by atoms with Crippen molar-refractivity contribution in [1.82, 2.24) is 4.98 Å². The number of pyridine rings is 1. The van der Waals surface area contributed by atoms with Crippen LogP contribution in [0.15, 0.2) is 59.3 Å². The molecule has 1 aromatic heterocycles. The van der Waals surface area contributed by atoms with Crippen molar-refractivity contribution in [3.05, 3.63) is 59.4 Å². The van der Waals surface area contributed by atoms with Crippen LogP contribution in [0.5, 0.6) is 0 Å². The number of benzene rings is 1. The van der Waals surface area contributed by atoms with E-state index >= 15 is 0 Å². The quantitative estimate of drug-likeness (QED) is 0.413. The number of halogens is 1. The number of nitrogens with one attached hydrogen (secondary N) is 2. The molecule has 0 bridgehead atoms. The molecule has 1 aromatic carbocycles. The first-order chi connectivity index (χ1) is 11.8. The summed E-state index contributed by atoms with van der Waals surface area (Å²) < 4.78 is 30.8. The van der Waals surface area contributed by atoms with Gasteiger partial charge in [-0.2, -0.15) is 13.7 Å². The van der Waals surface area contributed by atoms with E-state index in [4.69, 9.17) is 21.4 Å². The SMILES string of the molecule is N#C/C(=C/Nc1ccc(Cl)cn1)C(=O)Nc1ccc(S(=O)(=O)O)cc1. The molecule has 0 radical (unpaired) electrons. The number of nitrogens with zero attached hydrogens (tertiary/aromatic N) is 2. The molecule has 25 heavy (non-hydrogen) atoms. The van der Waals surface area contributed by atoms with Crippen LogP contribution in [-0.4, -0.2) is 23.9 Å². The summed E-state index contributed by atoms with van der Waals surface area (Å²) in [5.41, 5.74) is 0.0266. The van der Waals surface area contributed by atoms with Gasteiger partial charge in [0.15, 0.2) is 0 Å². The average molecular weight is 379 g/mol. The van der Waals surface area contributed by atoms with E-state index in [-0.39, 0.29) is 16.2 Å². The van der Waals surface area contributed by atoms with Gasteiger partial charge in [-0.05, 0) is 36.4 Å². The van der Waals surface area contributed by atoms with Gasteiger partial charge in [-0.25, -0.2) is 4.98 Å². The van der Waals surface area contributed by atoms with Crippen molar-refractivity contribution in [3.8, 4) is 6.07 Å². The minimum absolute atomic E-state index is 0.226. The van der Waals surface area contributed by atoms with Gasteiger partial charge in [-0.3, -0.25) is 9.35 Å². The van der Waals surface area contributed by atoms with Crippen molar-refractivity contribution in [2.24, 2.45) is 0 Å². The lowest BCUT2D eigenvalue weighted by atomic mass is 10.2. The third-order valence-corrected chi connectivity index (χ3v) is 3.96. The van der Waals surface area contributed by atoms with Crippen molar-refractivity contribution in [1.29, 1.82) is 5.26 Å². The fraction of sp³-hybridized carbons (Fsp3) is 0. The fourth-order valence-electron chi connectivity index (χ4n) is 1.66. The zero-order chi connectivity index (χ0) is 18.4. The van der Waals surface area contributed by atoms with Gasteiger partial charge < -0.3 is 10.6 Å². The summed E-state index contributed by atoms with van der Waals surface area (Å²) in [6, 6.07) is 9.70. The van der Waals surface area contributed by atoms with Crippen molar-refractivity contribution in [2.75, 3.05) is 10.6 Å². The van der Waals surface area contributed by atoms with Gasteiger partial charge in [0.1, 0.15) is 17.5 Å². The molecule has 0 spiro atoms. The Bertz CT molecular complexity index is 949. The number of nitriles is 1. The lowest BCUT2D eigenvalue weighted by Gasteiger charge is -2.05. The summed E-state index contributed by atoms with van der Waals surface area (Å²) in [5.74, 6) is -0.314. The standard InChI is InChI=1S/C15H11ClN4O4S/c16-11-1-6-14(19-9-11)18-8-10(7-17)15(21)20-12-2-4-13(5-3-12)25(22,23)24/h1-6,8-9H,(H,18,19)(H,20,21)(H,22,23,24)/b10-8-. The zero-order valence-electron chi connectivity index (χ0n) is 12.5. The Morgan fingerprint density at radius 3 is 2.44 bits per heavy atom. The van der Waals surface area contributed by atoms with Gasteiger partial charge in [0.05, 0.1) is 9.92 Å². The van der Waals surface area contributed by atoms with Crippen LogP contribution in [0.2, 0.25) is 5.02 Å². The number of carbonyl (C=O) groups is 1. The largest absolute Gasteiger partial charge is 0.345 e. The molecule has 3 N–H and O–H groups in total. The average Bonchev–Trinajstić information content (AvgIpc) is 2.56. The van der Waals surface area contributed by atoms with Crippen LogP contribution in [0.3, 0.4) is 0 Å². The fourth-order valence-corrected chi connectivity index (χ4v) is 2.26. The molecule has 1 heterocycles. The summed E-state index contributed by atoms with van der Waals surface area (Å²) in [6.45, 7) is 0. The first-order valence-electron chi connectivity index (χ1n) is 6.67. The van der Waals surface area contributed by atoms with Gasteiger partial charge in [0.25, 0.3) is 16.0 Å². The van der Waals surface area contributed by atoms with E-state index in [1.165, 1.54) is 24.5 Å². The molecular formula is C15H11ClN4O4S. The third-order valence-electron chi connectivity index (χ3n) is 2.87. The first kappa shape index (κ1) is 18.4. The molecule has 1 amide bonds. The molecule has 0 aliphatic rings. The highest BCUT2D eigenvalue weighted by atomic mass is 35.5. The first-order valence-corrected chi connectivity index (χ1v) is 8.48. The van der Waals surface area contributed by atoms with E-state index in [1.807, 2.05) is 0 Å². The molecule has 0 saturated heterocycles. The lowest BCUT2D eigenvalue weighted by molar-refractivity contribution is -0.112. The van der Waals surface area contributed by atoms with E-state index in [1.54, 1.807) is 18.2 Å². The third kappa shape index (κ3) is 5.29. The highest BCUT2D eigenvalue weighted by molar-refractivity contribution is 7.85. The van der Waals surface area contributed by atoms with Crippen molar-refractivity contribution in [2.45, 2.75) is 4.90 Å². The smallest absolute Gasteiger partial charge is 0.294 e. The summed E-state index contributed by atoms with van der Waals surface area (Å²) in [6.07, 6.45) is 2.58. The van der Waals surface area contributed by atoms with Crippen LogP contribution in [0.4, 0.5) is 11.5 Å². The molecule has 0 atom stereocenters. The van der Waals surface area contributed by atoms with Gasteiger partial charge >= 0.3 is 0 Å². The van der Waals surface area contributed by atoms with E-state index in [9.17, 15) is 13.2 Å². The molecule has 2 aromatic rings. The number of hydrogen-bond donors (Lipinski definition) is 3. The number of aromatic nitrogens is 1. The van der Waals surface area contributed by atoms with E-state index in [2.05, 4.69) is 15.6 Å². The van der Waals surface area contributed by atoms with Crippen LogP contribution in [0.25, 0.3) is 0 Å². The maximum Gasteiger partial charge on any atom is 0.294 e. The van der Waals surface area contributed by atoms with E-state index in [0.717, 1.165) is 12.1 Å². The van der Waals surface area contributed by atoms with Crippen LogP contribution in [-0.2, 0) is 14.9 Å². The zero-order valence-corrected chi connectivity index (χ0v) is 14.0. The van der Waals surface area contributed by atoms with E-state index < -0.39 is 16.0 Å². The van der Waals surface area contributed by atoms with Crippen LogP contribution < -0.4 is 10.6 Å². The lowest BCUT2D eigenvalue weighted by Crippen LogP contribution is -2.14. The highest BCUT2D eigenvalue weighted by Crippen LogP contribution is 2.15. The molecular weight excluding hydrogens is 368 g/mol. The van der Waals surface area contributed by atoms with Gasteiger partial charge in [-0.15, -0.1) is 0 Å². The normalized spacial score (nSPS) is 11.5. The molecule has 0 aliphatic carbocycles. The Kier molecular flexibility index (Phi) is 5.71. The van der Waals surface area contributed by atoms with Gasteiger partial charge in [0, 0.05) is 18.1 Å². The molecule has 8 nitrogen and oxygen atoms in total. The maximum atomic E-state index is 12.0. The van der Waals surface area contributed by atoms with Crippen LogP contribution in [0, 0.1) is 11.3 Å². The van der Waals surface area contributed by atoms with E-state index in [0.29, 0.717) is 10.8 Å². The topological polar surface area (TPSA) is 132 Å². The minimum Gasteiger partial charge on any atom is -0.345 e. The van der Waals surface area contributed by atoms with Crippen molar-refractivity contribution < 1.29 is 17.8 Å². The second kappa shape index (κ2) is 7.76. The summed E-state index contributed by atoms with van der Waals surface area (Å²) in [7, 11) is -4.31. The number of amides is 1. The Morgan fingerprint density at radius 1 is 1.24 bits per heavy atom. The molecule has 0 fully saturated rings. The number of anilines is 2. The minimum atomic E-state index is -4.31. The van der Waals surface area contributed by atoms with Gasteiger partial charge in [0.2, 0.25) is 0 Å². The second-order valence-corrected chi connectivity index (χ2v) is 6.49. The Labute approximate surface area is 148 Å². The Morgan fingerprint density at radius 2 is 1.92 bits per heavy atom. The summed E-state index contributed by atoms with van der Waals surface area (Å²) in [5, 5.41) is 14.6. The number of carbonyl (C=O) groups excluding carboxylic acids is 1. The number of rotatable bonds is 5. The summed E-state index contributed by atoms with van der Waals surface area (Å²) >= 11 is 5.71. The maximum absolute atomic E-state index is 12.0. The molecule has 0 unspecified atom stereocenters. The van der Waals surface area contributed by atoms with Crippen molar-refractivity contribution >= 4 is 39.1 Å². The highest BCUT2D eigenvalue weighted by Gasteiger charge is 2.12. The predicted molar refractivity (Wildman–Crippen MR) is 91.5 cm³/mol. The molecule has 10 heteroatoms. The van der Waals surface area contributed by atoms with Crippen LogP contribution >= 0.6 is 11.6 Å². The Hall–Kier alpha value is -2.93. The molecule has 2 rings (SSSR count). The predicted octanol–water partition coefficient (Wildman–Crippen LogP) is 2.44. The van der Waals surface area contributed by atoms with Crippen molar-refractivity contribution in [3.63, 3.8) is 0 Å². The molecule has 0 aliphatic heterocycles. The molecule has 128 valence electrons. The monoisotopic (exact) mass is 378 g/mol. The van der Waals surface area contributed by atoms with Gasteiger partial charge in [-0.1, -0.05) is 11.6 Å². The summed E-state index contributed by atoms with van der Waals surface area (Å²) in [4.78, 5) is 15.7.